The van der Waals surface area contributed by atoms with Gasteiger partial charge in [0.2, 0.25) is 5.91 Å². The van der Waals surface area contributed by atoms with E-state index in [9.17, 15) is 4.79 Å². The van der Waals surface area contributed by atoms with Gasteiger partial charge < -0.3 is 25.4 Å². The standard InChI is InChI=1S/C14H19N3O3/c1-16-14(18)10-3-2-4-17(10)11-8-13-12(7-9(11)15)19-5-6-20-13/h7-8,10H,2-6,15H2,1H3,(H,16,18). The highest BCUT2D eigenvalue weighted by atomic mass is 16.6. The van der Waals surface area contributed by atoms with E-state index >= 15 is 0 Å². The Bertz CT molecular complexity index is 533. The minimum Gasteiger partial charge on any atom is -0.486 e. The van der Waals surface area contributed by atoms with Crippen LogP contribution in [0.3, 0.4) is 0 Å². The number of hydrogen-bond donors (Lipinski definition) is 2. The first kappa shape index (κ1) is 12.9. The van der Waals surface area contributed by atoms with Crippen molar-refractivity contribution in [1.82, 2.24) is 5.32 Å². The summed E-state index contributed by atoms with van der Waals surface area (Å²) in [5.74, 6) is 1.40. The van der Waals surface area contributed by atoms with Crippen molar-refractivity contribution in [2.75, 3.05) is 37.4 Å². The Morgan fingerprint density at radius 3 is 2.75 bits per heavy atom. The van der Waals surface area contributed by atoms with Gasteiger partial charge in [0.1, 0.15) is 19.3 Å². The lowest BCUT2D eigenvalue weighted by Gasteiger charge is -2.28. The number of carbonyl (C=O) groups is 1. The van der Waals surface area contributed by atoms with Crippen molar-refractivity contribution in [2.24, 2.45) is 0 Å². The molecule has 1 amide bonds. The van der Waals surface area contributed by atoms with Crippen LogP contribution in [-0.2, 0) is 4.79 Å². The summed E-state index contributed by atoms with van der Waals surface area (Å²) in [6.45, 7) is 1.90. The number of carbonyl (C=O) groups excluding carboxylic acids is 1. The van der Waals surface area contributed by atoms with E-state index in [-0.39, 0.29) is 11.9 Å². The molecule has 2 heterocycles. The Kier molecular flexibility index (Phi) is 3.30. The molecule has 0 radical (unpaired) electrons. The SMILES string of the molecule is CNC(=O)C1CCCN1c1cc2c(cc1N)OCCO2. The molecule has 2 aliphatic heterocycles. The van der Waals surface area contributed by atoms with E-state index in [0.29, 0.717) is 30.4 Å². The summed E-state index contributed by atoms with van der Waals surface area (Å²) in [5, 5.41) is 2.71. The molecule has 6 nitrogen and oxygen atoms in total. The van der Waals surface area contributed by atoms with Gasteiger partial charge in [0, 0.05) is 25.7 Å². The lowest BCUT2D eigenvalue weighted by atomic mass is 10.1. The normalized spacial score (nSPS) is 20.9. The predicted octanol–water partition coefficient (Wildman–Crippen LogP) is 0.755. The average molecular weight is 277 g/mol. The van der Waals surface area contributed by atoms with Gasteiger partial charge in [0.05, 0.1) is 11.4 Å². The highest BCUT2D eigenvalue weighted by molar-refractivity contribution is 5.87. The number of nitrogens with zero attached hydrogens (tertiary/aromatic N) is 1. The molecule has 0 bridgehead atoms. The van der Waals surface area contributed by atoms with E-state index in [2.05, 4.69) is 5.32 Å². The second-order valence-corrected chi connectivity index (χ2v) is 5.02. The average Bonchev–Trinajstić information content (AvgIpc) is 2.95. The number of benzene rings is 1. The van der Waals surface area contributed by atoms with E-state index in [4.69, 9.17) is 15.2 Å². The maximum atomic E-state index is 11.9. The second kappa shape index (κ2) is 5.11. The highest BCUT2D eigenvalue weighted by Gasteiger charge is 2.32. The van der Waals surface area contributed by atoms with Crippen LogP contribution in [-0.4, -0.2) is 38.8 Å². The van der Waals surface area contributed by atoms with Gasteiger partial charge in [-0.1, -0.05) is 0 Å². The van der Waals surface area contributed by atoms with Gasteiger partial charge in [-0.25, -0.2) is 0 Å². The maximum absolute atomic E-state index is 11.9. The molecule has 0 saturated carbocycles. The molecule has 1 unspecified atom stereocenters. The summed E-state index contributed by atoms with van der Waals surface area (Å²) >= 11 is 0. The summed E-state index contributed by atoms with van der Waals surface area (Å²) < 4.78 is 11.1. The molecule has 1 aromatic rings. The van der Waals surface area contributed by atoms with Gasteiger partial charge >= 0.3 is 0 Å². The summed E-state index contributed by atoms with van der Waals surface area (Å²) in [7, 11) is 1.66. The smallest absolute Gasteiger partial charge is 0.242 e. The zero-order valence-electron chi connectivity index (χ0n) is 11.5. The topological polar surface area (TPSA) is 76.8 Å². The number of fused-ring (bicyclic) bond motifs is 1. The van der Waals surface area contributed by atoms with Crippen molar-refractivity contribution in [3.05, 3.63) is 12.1 Å². The van der Waals surface area contributed by atoms with E-state index in [1.165, 1.54) is 0 Å². The summed E-state index contributed by atoms with van der Waals surface area (Å²) in [4.78, 5) is 14.0. The Hall–Kier alpha value is -2.11. The Labute approximate surface area is 117 Å². The molecule has 0 aliphatic carbocycles. The zero-order chi connectivity index (χ0) is 14.1. The number of amides is 1. The third-order valence-electron chi connectivity index (χ3n) is 3.80. The van der Waals surface area contributed by atoms with Crippen LogP contribution in [0, 0.1) is 0 Å². The molecule has 1 aromatic carbocycles. The highest BCUT2D eigenvalue weighted by Crippen LogP contribution is 2.40. The minimum absolute atomic E-state index is 0.0248. The molecule has 6 heteroatoms. The zero-order valence-corrected chi connectivity index (χ0v) is 11.5. The van der Waals surface area contributed by atoms with E-state index in [1.54, 1.807) is 13.1 Å². The van der Waals surface area contributed by atoms with Crippen molar-refractivity contribution < 1.29 is 14.3 Å². The van der Waals surface area contributed by atoms with Crippen LogP contribution in [0.1, 0.15) is 12.8 Å². The van der Waals surface area contributed by atoms with Crippen LogP contribution >= 0.6 is 0 Å². The molecule has 0 spiro atoms. The molecule has 108 valence electrons. The monoisotopic (exact) mass is 277 g/mol. The number of rotatable bonds is 2. The first-order chi connectivity index (χ1) is 9.70. The molecular weight excluding hydrogens is 258 g/mol. The Balaban J connectivity index is 1.95. The van der Waals surface area contributed by atoms with Gasteiger partial charge in [0.15, 0.2) is 11.5 Å². The first-order valence-corrected chi connectivity index (χ1v) is 6.88. The van der Waals surface area contributed by atoms with Crippen molar-refractivity contribution >= 4 is 17.3 Å². The van der Waals surface area contributed by atoms with E-state index in [1.807, 2.05) is 11.0 Å². The largest absolute Gasteiger partial charge is 0.486 e. The molecular formula is C14H19N3O3. The number of hydrogen-bond acceptors (Lipinski definition) is 5. The fraction of sp³-hybridized carbons (Fsp3) is 0.500. The molecule has 2 aliphatic rings. The molecule has 3 N–H and O–H groups in total. The van der Waals surface area contributed by atoms with Crippen LogP contribution in [0.5, 0.6) is 11.5 Å². The van der Waals surface area contributed by atoms with Gasteiger partial charge in [-0.3, -0.25) is 4.79 Å². The molecule has 1 saturated heterocycles. The summed E-state index contributed by atoms with van der Waals surface area (Å²) in [5.41, 5.74) is 7.58. The Morgan fingerprint density at radius 2 is 2.05 bits per heavy atom. The fourth-order valence-corrected chi connectivity index (χ4v) is 2.84. The fourth-order valence-electron chi connectivity index (χ4n) is 2.84. The minimum atomic E-state index is -0.162. The quantitative estimate of drug-likeness (QED) is 0.780. The second-order valence-electron chi connectivity index (χ2n) is 5.02. The number of nitrogen functional groups attached to an aromatic ring is 1. The van der Waals surface area contributed by atoms with E-state index in [0.717, 1.165) is 25.1 Å². The third-order valence-corrected chi connectivity index (χ3v) is 3.80. The van der Waals surface area contributed by atoms with Crippen molar-refractivity contribution in [3.63, 3.8) is 0 Å². The molecule has 3 rings (SSSR count). The van der Waals surface area contributed by atoms with Crippen molar-refractivity contribution in [1.29, 1.82) is 0 Å². The Morgan fingerprint density at radius 1 is 1.35 bits per heavy atom. The third kappa shape index (κ3) is 2.11. The predicted molar refractivity (Wildman–Crippen MR) is 76.3 cm³/mol. The lowest BCUT2D eigenvalue weighted by molar-refractivity contribution is -0.121. The first-order valence-electron chi connectivity index (χ1n) is 6.88. The molecule has 1 fully saturated rings. The number of likely N-dealkylation sites (N-methyl/N-ethyl adjacent to an activating group) is 1. The number of anilines is 2. The lowest BCUT2D eigenvalue weighted by Crippen LogP contribution is -2.42. The summed E-state index contributed by atoms with van der Waals surface area (Å²) in [6, 6.07) is 3.50. The van der Waals surface area contributed by atoms with Crippen LogP contribution in [0.15, 0.2) is 12.1 Å². The van der Waals surface area contributed by atoms with Gasteiger partial charge in [-0.05, 0) is 12.8 Å². The number of ether oxygens (including phenoxy) is 2. The van der Waals surface area contributed by atoms with Gasteiger partial charge in [0.25, 0.3) is 0 Å². The van der Waals surface area contributed by atoms with Crippen LogP contribution < -0.4 is 25.4 Å². The maximum Gasteiger partial charge on any atom is 0.242 e. The molecule has 0 aromatic heterocycles. The van der Waals surface area contributed by atoms with Gasteiger partial charge in [-0.15, -0.1) is 0 Å². The van der Waals surface area contributed by atoms with Crippen LogP contribution in [0.25, 0.3) is 0 Å². The van der Waals surface area contributed by atoms with E-state index < -0.39 is 0 Å². The van der Waals surface area contributed by atoms with Crippen molar-refractivity contribution in [2.45, 2.75) is 18.9 Å². The van der Waals surface area contributed by atoms with Crippen LogP contribution in [0.4, 0.5) is 11.4 Å². The van der Waals surface area contributed by atoms with Gasteiger partial charge in [-0.2, -0.15) is 0 Å². The number of nitrogens with two attached hydrogens (primary N) is 1. The number of nitrogens with one attached hydrogen (secondary N) is 1. The molecule has 20 heavy (non-hydrogen) atoms. The summed E-state index contributed by atoms with van der Waals surface area (Å²) in [6.07, 6.45) is 1.82. The van der Waals surface area contributed by atoms with Crippen molar-refractivity contribution in [3.8, 4) is 11.5 Å². The van der Waals surface area contributed by atoms with Crippen LogP contribution in [0.2, 0.25) is 0 Å². The molecule has 1 atom stereocenters.